The maximum absolute atomic E-state index is 14.9. The molecule has 0 atom stereocenters. The Balaban J connectivity index is 1.40. The summed E-state index contributed by atoms with van der Waals surface area (Å²) in [5.41, 5.74) is 6.00. The summed E-state index contributed by atoms with van der Waals surface area (Å²) in [6.07, 6.45) is 9.01. The lowest BCUT2D eigenvalue weighted by atomic mass is 10.00. The van der Waals surface area contributed by atoms with Crippen LogP contribution in [-0.4, -0.2) is 0 Å². The van der Waals surface area contributed by atoms with Crippen LogP contribution in [0.4, 0.5) is 4.39 Å². The molecule has 0 nitrogen and oxygen atoms in total. The van der Waals surface area contributed by atoms with Gasteiger partial charge in [0, 0.05) is 27.6 Å². The van der Waals surface area contributed by atoms with E-state index in [4.69, 9.17) is 0 Å². The minimum absolute atomic E-state index is 0.0901. The quantitative estimate of drug-likeness (QED) is 0.172. The van der Waals surface area contributed by atoms with E-state index >= 15 is 0 Å². The van der Waals surface area contributed by atoms with Crippen molar-refractivity contribution in [2.45, 2.75) is 65.2 Å². The molecule has 0 heterocycles. The van der Waals surface area contributed by atoms with Crippen molar-refractivity contribution in [1.82, 2.24) is 0 Å². The van der Waals surface area contributed by atoms with E-state index in [1.54, 1.807) is 0 Å². The molecule has 0 radical (unpaired) electrons. The fraction of sp³-hybridized carbons (Fsp3) is 0.278. The van der Waals surface area contributed by atoms with E-state index in [1.807, 2.05) is 54.6 Å². The van der Waals surface area contributed by atoms with Crippen LogP contribution in [0.15, 0.2) is 78.9 Å². The van der Waals surface area contributed by atoms with Crippen LogP contribution in [0.2, 0.25) is 0 Å². The molecule has 0 bridgehead atoms. The lowest BCUT2D eigenvalue weighted by Crippen LogP contribution is -1.93. The molecular weight excluding hydrogens is 451 g/mol. The molecule has 0 N–H and O–H groups in total. The number of halogens is 1. The molecule has 0 aromatic heterocycles. The lowest BCUT2D eigenvalue weighted by Gasteiger charge is -2.07. The zero-order chi connectivity index (χ0) is 25.9. The van der Waals surface area contributed by atoms with Crippen molar-refractivity contribution in [3.63, 3.8) is 0 Å². The molecule has 186 valence electrons. The van der Waals surface area contributed by atoms with Gasteiger partial charge in [-0.2, -0.15) is 0 Å². The van der Waals surface area contributed by atoms with Gasteiger partial charge >= 0.3 is 0 Å². The van der Waals surface area contributed by atoms with Gasteiger partial charge in [0.15, 0.2) is 0 Å². The summed E-state index contributed by atoms with van der Waals surface area (Å²) in [4.78, 5) is 0. The van der Waals surface area contributed by atoms with Crippen molar-refractivity contribution in [3.05, 3.63) is 118 Å². The number of rotatable bonds is 8. The van der Waals surface area contributed by atoms with Crippen LogP contribution in [0.3, 0.4) is 0 Å². The van der Waals surface area contributed by atoms with Gasteiger partial charge in [-0.25, -0.2) is 4.39 Å². The topological polar surface area (TPSA) is 0 Å². The molecule has 0 aliphatic rings. The van der Waals surface area contributed by atoms with Gasteiger partial charge in [-0.1, -0.05) is 93.5 Å². The monoisotopic (exact) mass is 486 g/mol. The highest BCUT2D eigenvalue weighted by molar-refractivity contribution is 5.85. The average molecular weight is 487 g/mol. The second-order valence-corrected chi connectivity index (χ2v) is 9.66. The fourth-order valence-electron chi connectivity index (χ4n) is 4.43. The molecule has 4 aromatic carbocycles. The first-order valence-electron chi connectivity index (χ1n) is 13.6. The smallest absolute Gasteiger partial charge is 0.134 e. The highest BCUT2D eigenvalue weighted by Gasteiger charge is 2.07. The molecule has 0 saturated heterocycles. The van der Waals surface area contributed by atoms with E-state index in [2.05, 4.69) is 61.8 Å². The van der Waals surface area contributed by atoms with E-state index in [1.165, 1.54) is 24.8 Å². The van der Waals surface area contributed by atoms with Crippen LogP contribution in [-0.2, 0) is 12.8 Å². The molecule has 0 fully saturated rings. The minimum Gasteiger partial charge on any atom is -0.206 e. The maximum atomic E-state index is 14.9. The number of fused-ring (bicyclic) bond motifs is 1. The van der Waals surface area contributed by atoms with E-state index < -0.39 is 0 Å². The molecule has 37 heavy (non-hydrogen) atoms. The van der Waals surface area contributed by atoms with Gasteiger partial charge < -0.3 is 0 Å². The molecule has 0 aliphatic heterocycles. The van der Waals surface area contributed by atoms with Crippen molar-refractivity contribution >= 4 is 10.8 Å². The lowest BCUT2D eigenvalue weighted by molar-refractivity contribution is 0.609. The molecule has 0 aliphatic carbocycles. The van der Waals surface area contributed by atoms with Gasteiger partial charge in [-0.3, -0.25) is 0 Å². The van der Waals surface area contributed by atoms with Gasteiger partial charge in [0.05, 0.1) is 0 Å². The SMILES string of the molecule is CCCCCc1ccc(C#Cc2ccc(C#Cc3ccc4c(F)c(CCCCC)ccc4c3)cc2)cc1. The predicted octanol–water partition coefficient (Wildman–Crippen LogP) is 9.24. The number of benzene rings is 4. The number of hydrogen-bond donors (Lipinski definition) is 0. The van der Waals surface area contributed by atoms with Crippen LogP contribution in [0.1, 0.15) is 85.8 Å². The fourth-order valence-corrected chi connectivity index (χ4v) is 4.43. The van der Waals surface area contributed by atoms with Crippen LogP contribution >= 0.6 is 0 Å². The minimum atomic E-state index is -0.0901. The van der Waals surface area contributed by atoms with Gasteiger partial charge in [-0.05, 0) is 90.7 Å². The summed E-state index contributed by atoms with van der Waals surface area (Å²) in [6, 6.07) is 26.3. The first-order valence-corrected chi connectivity index (χ1v) is 13.6. The Morgan fingerprint density at radius 3 is 1.65 bits per heavy atom. The Hall–Kier alpha value is -3.81. The predicted molar refractivity (Wildman–Crippen MR) is 155 cm³/mol. The van der Waals surface area contributed by atoms with Gasteiger partial charge in [0.2, 0.25) is 0 Å². The largest absolute Gasteiger partial charge is 0.206 e. The third-order valence-corrected chi connectivity index (χ3v) is 6.69. The summed E-state index contributed by atoms with van der Waals surface area (Å²) in [7, 11) is 0. The van der Waals surface area contributed by atoms with E-state index in [0.29, 0.717) is 5.39 Å². The van der Waals surface area contributed by atoms with Crippen molar-refractivity contribution in [3.8, 4) is 23.7 Å². The van der Waals surface area contributed by atoms with Crippen molar-refractivity contribution in [2.24, 2.45) is 0 Å². The van der Waals surface area contributed by atoms with Crippen molar-refractivity contribution < 1.29 is 4.39 Å². The van der Waals surface area contributed by atoms with Gasteiger partial charge in [-0.15, -0.1) is 0 Å². The summed E-state index contributed by atoms with van der Waals surface area (Å²) >= 11 is 0. The third kappa shape index (κ3) is 7.59. The standard InChI is InChI=1S/C36H35F/c1-3-5-7-9-28-11-13-29(14-12-28)15-16-30-17-19-31(20-18-30)21-22-32-23-26-35-34(27-32)25-24-33(36(35)37)10-8-6-4-2/h11-14,17-20,23-27H,3-10H2,1-2H3. The van der Waals surface area contributed by atoms with Crippen molar-refractivity contribution in [2.75, 3.05) is 0 Å². The van der Waals surface area contributed by atoms with E-state index in [0.717, 1.165) is 65.3 Å². The molecule has 0 unspecified atom stereocenters. The zero-order valence-electron chi connectivity index (χ0n) is 22.0. The Morgan fingerprint density at radius 2 is 1.05 bits per heavy atom. The summed E-state index contributed by atoms with van der Waals surface area (Å²) in [5.74, 6) is 12.9. The molecular formula is C36H35F. The summed E-state index contributed by atoms with van der Waals surface area (Å²) in [6.45, 7) is 4.40. The summed E-state index contributed by atoms with van der Waals surface area (Å²) in [5, 5.41) is 1.57. The highest BCUT2D eigenvalue weighted by Crippen LogP contribution is 2.24. The number of aryl methyl sites for hydroxylation is 2. The Kier molecular flexibility index (Phi) is 9.57. The molecule has 0 spiro atoms. The van der Waals surface area contributed by atoms with Crippen LogP contribution in [0.25, 0.3) is 10.8 Å². The van der Waals surface area contributed by atoms with Crippen LogP contribution in [0.5, 0.6) is 0 Å². The number of unbranched alkanes of at least 4 members (excludes halogenated alkanes) is 4. The second kappa shape index (κ2) is 13.5. The third-order valence-electron chi connectivity index (χ3n) is 6.69. The molecule has 1 heteroatoms. The summed E-state index contributed by atoms with van der Waals surface area (Å²) < 4.78 is 14.9. The Morgan fingerprint density at radius 1 is 0.541 bits per heavy atom. The van der Waals surface area contributed by atoms with E-state index in [9.17, 15) is 4.39 Å². The average Bonchev–Trinajstić information content (AvgIpc) is 2.93. The number of hydrogen-bond acceptors (Lipinski definition) is 0. The second-order valence-electron chi connectivity index (χ2n) is 9.66. The van der Waals surface area contributed by atoms with E-state index in [-0.39, 0.29) is 5.82 Å². The molecule has 0 amide bonds. The normalized spacial score (nSPS) is 10.5. The Bertz CT molecular complexity index is 1440. The molecule has 4 rings (SSSR count). The van der Waals surface area contributed by atoms with Gasteiger partial charge in [0.1, 0.15) is 5.82 Å². The van der Waals surface area contributed by atoms with Crippen LogP contribution in [0, 0.1) is 29.5 Å². The first-order chi connectivity index (χ1) is 18.2. The molecule has 0 saturated carbocycles. The maximum Gasteiger partial charge on any atom is 0.134 e. The first kappa shape index (κ1) is 26.3. The molecule has 4 aromatic rings. The zero-order valence-corrected chi connectivity index (χ0v) is 22.0. The van der Waals surface area contributed by atoms with Crippen LogP contribution < -0.4 is 0 Å². The van der Waals surface area contributed by atoms with Crippen molar-refractivity contribution in [1.29, 1.82) is 0 Å². The highest BCUT2D eigenvalue weighted by atomic mass is 19.1. The van der Waals surface area contributed by atoms with Gasteiger partial charge in [0.25, 0.3) is 0 Å². The Labute approximate surface area is 222 Å².